The van der Waals surface area contributed by atoms with Crippen LogP contribution in [-0.4, -0.2) is 28.6 Å². The van der Waals surface area contributed by atoms with Gasteiger partial charge < -0.3 is 0 Å². The quantitative estimate of drug-likeness (QED) is 0.733. The number of rotatable bonds is 5. The third kappa shape index (κ3) is 3.73. The molecule has 2 N–H and O–H groups in total. The van der Waals surface area contributed by atoms with Crippen LogP contribution >= 0.6 is 11.6 Å². The van der Waals surface area contributed by atoms with Crippen molar-refractivity contribution in [3.05, 3.63) is 59.6 Å². The van der Waals surface area contributed by atoms with E-state index in [0.29, 0.717) is 16.7 Å². The summed E-state index contributed by atoms with van der Waals surface area (Å²) in [4.78, 5) is 8.30. The lowest BCUT2D eigenvalue weighted by molar-refractivity contribution is 0.579. The zero-order valence-electron chi connectivity index (χ0n) is 11.8. The molecule has 23 heavy (non-hydrogen) atoms. The van der Waals surface area contributed by atoms with Gasteiger partial charge in [0.25, 0.3) is 0 Å². The second-order valence-corrected chi connectivity index (χ2v) is 6.82. The zero-order chi connectivity index (χ0) is 16.3. The van der Waals surface area contributed by atoms with Crippen molar-refractivity contribution in [1.82, 2.24) is 24.9 Å². The summed E-state index contributed by atoms with van der Waals surface area (Å²) in [5.74, 6) is 0.891. The fourth-order valence-electron chi connectivity index (χ4n) is 1.86. The Morgan fingerprint density at radius 1 is 1.09 bits per heavy atom. The molecule has 3 aromatic rings. The van der Waals surface area contributed by atoms with Crippen LogP contribution in [0.3, 0.4) is 0 Å². The van der Waals surface area contributed by atoms with Gasteiger partial charge in [0, 0.05) is 23.0 Å². The number of benzene rings is 1. The summed E-state index contributed by atoms with van der Waals surface area (Å²) in [5.41, 5.74) is 0.794. The van der Waals surface area contributed by atoms with E-state index in [1.807, 2.05) is 0 Å². The molecule has 0 unspecified atom stereocenters. The molecule has 2 heterocycles. The van der Waals surface area contributed by atoms with Crippen LogP contribution in [-0.2, 0) is 16.6 Å². The predicted octanol–water partition coefficient (Wildman–Crippen LogP) is 2.00. The van der Waals surface area contributed by atoms with E-state index < -0.39 is 10.0 Å². The number of aromatic amines is 1. The first-order valence-corrected chi connectivity index (χ1v) is 8.48. The van der Waals surface area contributed by atoms with Crippen LogP contribution in [0.2, 0.25) is 5.02 Å². The van der Waals surface area contributed by atoms with Crippen molar-refractivity contribution >= 4 is 21.6 Å². The normalized spacial score (nSPS) is 11.5. The van der Waals surface area contributed by atoms with Gasteiger partial charge in [-0.05, 0) is 36.4 Å². The molecule has 3 rings (SSSR count). The molecule has 0 bridgehead atoms. The number of H-pyrrole nitrogens is 1. The van der Waals surface area contributed by atoms with Gasteiger partial charge in [0.2, 0.25) is 10.0 Å². The molecule has 7 nitrogen and oxygen atoms in total. The van der Waals surface area contributed by atoms with Crippen LogP contribution < -0.4 is 4.72 Å². The Bertz CT molecular complexity index is 894. The van der Waals surface area contributed by atoms with Crippen LogP contribution in [0.4, 0.5) is 0 Å². The van der Waals surface area contributed by atoms with Gasteiger partial charge in [0.1, 0.15) is 5.82 Å². The SMILES string of the molecule is O=S(=O)(NCc1nc(-c2ccncc2)n[nH]1)c1ccc(Cl)cc1. The molecule has 2 aromatic heterocycles. The molecule has 118 valence electrons. The number of hydrogen-bond acceptors (Lipinski definition) is 5. The van der Waals surface area contributed by atoms with Gasteiger partial charge in [-0.1, -0.05) is 11.6 Å². The molecule has 0 fully saturated rings. The number of pyridine rings is 1. The first-order chi connectivity index (χ1) is 11.0. The molecule has 0 saturated heterocycles. The highest BCUT2D eigenvalue weighted by atomic mass is 35.5. The van der Waals surface area contributed by atoms with E-state index in [2.05, 4.69) is 24.9 Å². The summed E-state index contributed by atoms with van der Waals surface area (Å²) in [6.07, 6.45) is 3.27. The highest BCUT2D eigenvalue weighted by Gasteiger charge is 2.15. The molecule has 0 spiro atoms. The Morgan fingerprint density at radius 3 is 2.48 bits per heavy atom. The second kappa shape index (κ2) is 6.45. The molecular formula is C14H12ClN5O2S. The summed E-state index contributed by atoms with van der Waals surface area (Å²) in [5, 5.41) is 7.24. The van der Waals surface area contributed by atoms with Crippen LogP contribution in [0.15, 0.2) is 53.7 Å². The van der Waals surface area contributed by atoms with Crippen LogP contribution in [0.1, 0.15) is 5.82 Å². The zero-order valence-corrected chi connectivity index (χ0v) is 13.3. The van der Waals surface area contributed by atoms with Gasteiger partial charge >= 0.3 is 0 Å². The molecule has 0 amide bonds. The summed E-state index contributed by atoms with van der Waals surface area (Å²) < 4.78 is 26.8. The number of nitrogens with zero attached hydrogens (tertiary/aromatic N) is 3. The smallest absolute Gasteiger partial charge is 0.240 e. The second-order valence-electron chi connectivity index (χ2n) is 4.62. The molecular weight excluding hydrogens is 338 g/mol. The van der Waals surface area contributed by atoms with E-state index in [-0.39, 0.29) is 11.4 Å². The van der Waals surface area contributed by atoms with E-state index in [4.69, 9.17) is 11.6 Å². The third-order valence-corrected chi connectivity index (χ3v) is 4.69. The number of halogens is 1. The topological polar surface area (TPSA) is 101 Å². The van der Waals surface area contributed by atoms with Crippen molar-refractivity contribution in [2.24, 2.45) is 0 Å². The average Bonchev–Trinajstić information content (AvgIpc) is 3.03. The van der Waals surface area contributed by atoms with Crippen LogP contribution in [0.5, 0.6) is 0 Å². The van der Waals surface area contributed by atoms with Crippen molar-refractivity contribution < 1.29 is 8.42 Å². The minimum Gasteiger partial charge on any atom is -0.265 e. The predicted molar refractivity (Wildman–Crippen MR) is 85.1 cm³/mol. The molecule has 0 aliphatic rings. The lowest BCUT2D eigenvalue weighted by atomic mass is 10.2. The summed E-state index contributed by atoms with van der Waals surface area (Å²) in [6.45, 7) is 0.00302. The first-order valence-electron chi connectivity index (χ1n) is 6.61. The highest BCUT2D eigenvalue weighted by molar-refractivity contribution is 7.89. The first kappa shape index (κ1) is 15.6. The maximum absolute atomic E-state index is 12.2. The van der Waals surface area contributed by atoms with Gasteiger partial charge in [-0.2, -0.15) is 5.10 Å². The van der Waals surface area contributed by atoms with Gasteiger partial charge in [-0.15, -0.1) is 0 Å². The van der Waals surface area contributed by atoms with Gasteiger partial charge in [0.05, 0.1) is 11.4 Å². The Balaban J connectivity index is 1.71. The van der Waals surface area contributed by atoms with Crippen LogP contribution in [0.25, 0.3) is 11.4 Å². The standard InChI is InChI=1S/C14H12ClN5O2S/c15-11-1-3-12(4-2-11)23(21,22)17-9-13-18-14(20-19-13)10-5-7-16-8-6-10/h1-8,17H,9H2,(H,18,19,20). The number of hydrogen-bond donors (Lipinski definition) is 2. The lowest BCUT2D eigenvalue weighted by Gasteiger charge is -2.04. The molecule has 0 atom stereocenters. The van der Waals surface area contributed by atoms with Crippen molar-refractivity contribution in [2.45, 2.75) is 11.4 Å². The molecule has 0 aliphatic carbocycles. The van der Waals surface area contributed by atoms with Gasteiger partial charge in [0.15, 0.2) is 5.82 Å². The van der Waals surface area contributed by atoms with E-state index >= 15 is 0 Å². The van der Waals surface area contributed by atoms with E-state index in [1.54, 1.807) is 24.5 Å². The summed E-state index contributed by atoms with van der Waals surface area (Å²) >= 11 is 5.75. The monoisotopic (exact) mass is 349 g/mol. The van der Waals surface area contributed by atoms with Gasteiger partial charge in [-0.3, -0.25) is 10.1 Å². The van der Waals surface area contributed by atoms with Crippen molar-refractivity contribution in [3.63, 3.8) is 0 Å². The fraction of sp³-hybridized carbons (Fsp3) is 0.0714. The Morgan fingerprint density at radius 2 is 1.78 bits per heavy atom. The highest BCUT2D eigenvalue weighted by Crippen LogP contribution is 2.15. The molecule has 0 saturated carbocycles. The maximum Gasteiger partial charge on any atom is 0.240 e. The van der Waals surface area contributed by atoms with Crippen molar-refractivity contribution in [1.29, 1.82) is 0 Å². The molecule has 0 aliphatic heterocycles. The van der Waals surface area contributed by atoms with E-state index in [9.17, 15) is 8.42 Å². The Hall–Kier alpha value is -2.29. The van der Waals surface area contributed by atoms with E-state index in [1.165, 1.54) is 24.3 Å². The average molecular weight is 350 g/mol. The third-order valence-electron chi connectivity index (χ3n) is 3.02. The minimum absolute atomic E-state index is 0.00302. The van der Waals surface area contributed by atoms with E-state index in [0.717, 1.165) is 5.56 Å². The maximum atomic E-state index is 12.2. The fourth-order valence-corrected chi connectivity index (χ4v) is 2.98. The van der Waals surface area contributed by atoms with Crippen LogP contribution in [0, 0.1) is 0 Å². The lowest BCUT2D eigenvalue weighted by Crippen LogP contribution is -2.23. The number of aromatic nitrogens is 4. The molecule has 9 heteroatoms. The van der Waals surface area contributed by atoms with Crippen molar-refractivity contribution in [3.8, 4) is 11.4 Å². The largest absolute Gasteiger partial charge is 0.265 e. The summed E-state index contributed by atoms with van der Waals surface area (Å²) in [7, 11) is -3.64. The van der Waals surface area contributed by atoms with Gasteiger partial charge in [-0.25, -0.2) is 18.1 Å². The summed E-state index contributed by atoms with van der Waals surface area (Å²) in [6, 6.07) is 9.45. The Kier molecular flexibility index (Phi) is 4.37. The molecule has 1 aromatic carbocycles. The number of nitrogens with one attached hydrogen (secondary N) is 2. The molecule has 0 radical (unpaired) electrons. The van der Waals surface area contributed by atoms with Crippen molar-refractivity contribution in [2.75, 3.05) is 0 Å². The Labute approximate surface area is 137 Å². The minimum atomic E-state index is -3.64. The number of sulfonamides is 1.